The maximum atomic E-state index is 12.1. The van der Waals surface area contributed by atoms with Gasteiger partial charge in [-0.3, -0.25) is 14.9 Å². The molecule has 168 valence electrons. The average Bonchev–Trinajstić information content (AvgIpc) is 2.84. The van der Waals surface area contributed by atoms with Crippen molar-refractivity contribution in [3.05, 3.63) is 112 Å². The summed E-state index contributed by atoms with van der Waals surface area (Å²) in [5, 5.41) is 10.7. The number of nitro groups is 1. The summed E-state index contributed by atoms with van der Waals surface area (Å²) in [7, 11) is 3.24. The zero-order valence-electron chi connectivity index (χ0n) is 18.3. The Hall–Kier alpha value is -4.39. The average molecular weight is 445 g/mol. The fourth-order valence-electron chi connectivity index (χ4n) is 3.04. The molecule has 0 aliphatic carbocycles. The first-order valence-corrected chi connectivity index (χ1v) is 10.1. The molecule has 0 unspecified atom stereocenters. The molecule has 33 heavy (non-hydrogen) atoms. The summed E-state index contributed by atoms with van der Waals surface area (Å²) in [4.78, 5) is 22.3. The number of ether oxygens (including phenoxy) is 3. The summed E-state index contributed by atoms with van der Waals surface area (Å²) in [6.45, 7) is 0. The van der Waals surface area contributed by atoms with Crippen molar-refractivity contribution in [2.75, 3.05) is 14.2 Å². The molecule has 0 fully saturated rings. The van der Waals surface area contributed by atoms with Crippen molar-refractivity contribution in [2.24, 2.45) is 0 Å². The molecule has 0 amide bonds. The molecule has 3 rings (SSSR count). The molecule has 3 aromatic rings. The van der Waals surface area contributed by atoms with Crippen molar-refractivity contribution >= 4 is 17.2 Å². The molecule has 0 N–H and O–H groups in total. The van der Waals surface area contributed by atoms with E-state index in [-0.39, 0.29) is 17.9 Å². The molecule has 0 radical (unpaired) electrons. The van der Waals surface area contributed by atoms with Gasteiger partial charge < -0.3 is 14.2 Å². The number of carbonyl (C=O) groups is 1. The molecule has 0 aromatic heterocycles. The van der Waals surface area contributed by atoms with E-state index in [1.54, 1.807) is 26.4 Å². The third-order valence-electron chi connectivity index (χ3n) is 4.76. The molecule has 0 saturated carbocycles. The molecule has 0 aliphatic rings. The van der Waals surface area contributed by atoms with Gasteiger partial charge in [-0.2, -0.15) is 0 Å². The molecule has 0 atom stereocenters. The van der Waals surface area contributed by atoms with Crippen LogP contribution in [0, 0.1) is 10.1 Å². The molecule has 0 saturated heterocycles. The van der Waals surface area contributed by atoms with Crippen LogP contribution in [-0.2, 0) is 4.79 Å². The van der Waals surface area contributed by atoms with Crippen molar-refractivity contribution in [1.29, 1.82) is 0 Å². The molecule has 7 nitrogen and oxygen atoms in total. The van der Waals surface area contributed by atoms with E-state index in [4.69, 9.17) is 14.2 Å². The van der Waals surface area contributed by atoms with Gasteiger partial charge in [-0.1, -0.05) is 42.5 Å². The van der Waals surface area contributed by atoms with E-state index < -0.39 is 10.9 Å². The highest BCUT2D eigenvalue weighted by molar-refractivity contribution is 5.81. The standard InChI is InChI=1S/C26H23NO6/c1-31-22-13-7-19(8-14-22)25(20-9-15-23(32-2)16-10-20)5-3-4-6-26(28)33-24-17-11-21(12-18-24)27(29)30/h3-5,7-18H,6H2,1-2H3/b4-3+. The van der Waals surface area contributed by atoms with E-state index in [0.29, 0.717) is 0 Å². The second-order valence-corrected chi connectivity index (χ2v) is 6.89. The number of esters is 1. The van der Waals surface area contributed by atoms with E-state index in [0.717, 1.165) is 28.2 Å². The largest absolute Gasteiger partial charge is 0.497 e. The summed E-state index contributed by atoms with van der Waals surface area (Å²) < 4.78 is 15.7. The van der Waals surface area contributed by atoms with Crippen LogP contribution in [-0.4, -0.2) is 25.1 Å². The first-order chi connectivity index (χ1) is 16.0. The van der Waals surface area contributed by atoms with Crippen molar-refractivity contribution in [3.63, 3.8) is 0 Å². The smallest absolute Gasteiger partial charge is 0.315 e. The van der Waals surface area contributed by atoms with Crippen LogP contribution in [0.1, 0.15) is 17.5 Å². The summed E-state index contributed by atoms with van der Waals surface area (Å²) in [5.74, 6) is 1.31. The molecular formula is C26H23NO6. The Labute approximate surface area is 191 Å². The minimum absolute atomic E-state index is 0.0476. The highest BCUT2D eigenvalue weighted by Crippen LogP contribution is 2.27. The number of nitrogens with zero attached hydrogens (tertiary/aromatic N) is 1. The van der Waals surface area contributed by atoms with E-state index in [1.807, 2.05) is 54.6 Å². The van der Waals surface area contributed by atoms with E-state index in [2.05, 4.69) is 0 Å². The van der Waals surface area contributed by atoms with Gasteiger partial charge in [0.15, 0.2) is 0 Å². The molecule has 0 spiro atoms. The predicted molar refractivity (Wildman–Crippen MR) is 126 cm³/mol. The van der Waals surface area contributed by atoms with Crippen LogP contribution in [0.2, 0.25) is 0 Å². The predicted octanol–water partition coefficient (Wildman–Crippen LogP) is 5.60. The number of nitro benzene ring substituents is 1. The zero-order chi connectivity index (χ0) is 23.6. The van der Waals surface area contributed by atoms with Crippen LogP contribution < -0.4 is 14.2 Å². The highest BCUT2D eigenvalue weighted by atomic mass is 16.6. The Morgan fingerprint density at radius 3 is 1.76 bits per heavy atom. The van der Waals surface area contributed by atoms with Crippen LogP contribution in [0.3, 0.4) is 0 Å². The Kier molecular flexibility index (Phi) is 7.96. The van der Waals surface area contributed by atoms with Gasteiger partial charge in [0, 0.05) is 12.1 Å². The summed E-state index contributed by atoms with van der Waals surface area (Å²) in [6.07, 6.45) is 5.45. The SMILES string of the molecule is COc1ccc(C(=C/C=C/CC(=O)Oc2ccc([N+](=O)[O-])cc2)c2ccc(OC)cc2)cc1. The van der Waals surface area contributed by atoms with Gasteiger partial charge in [0.05, 0.1) is 25.6 Å². The van der Waals surface area contributed by atoms with Crippen LogP contribution in [0.4, 0.5) is 5.69 Å². The second-order valence-electron chi connectivity index (χ2n) is 6.89. The summed E-state index contributed by atoms with van der Waals surface area (Å²) >= 11 is 0. The molecule has 0 bridgehead atoms. The Morgan fingerprint density at radius 1 is 0.818 bits per heavy atom. The van der Waals surface area contributed by atoms with Crippen LogP contribution in [0.5, 0.6) is 17.2 Å². The normalized spacial score (nSPS) is 10.5. The fourth-order valence-corrected chi connectivity index (χ4v) is 3.04. The molecular weight excluding hydrogens is 422 g/mol. The minimum Gasteiger partial charge on any atom is -0.497 e. The maximum absolute atomic E-state index is 12.1. The maximum Gasteiger partial charge on any atom is 0.315 e. The van der Waals surface area contributed by atoms with Gasteiger partial charge >= 0.3 is 5.97 Å². The van der Waals surface area contributed by atoms with Crippen molar-refractivity contribution in [3.8, 4) is 17.2 Å². The lowest BCUT2D eigenvalue weighted by atomic mass is 9.97. The Morgan fingerprint density at radius 2 is 1.30 bits per heavy atom. The number of benzene rings is 3. The number of hydrogen-bond donors (Lipinski definition) is 0. The summed E-state index contributed by atoms with van der Waals surface area (Å²) in [6, 6.07) is 20.8. The summed E-state index contributed by atoms with van der Waals surface area (Å²) in [5.41, 5.74) is 2.86. The van der Waals surface area contributed by atoms with Gasteiger partial charge in [0.25, 0.3) is 5.69 Å². The molecule has 3 aromatic carbocycles. The first-order valence-electron chi connectivity index (χ1n) is 10.1. The quantitative estimate of drug-likeness (QED) is 0.140. The number of rotatable bonds is 9. The number of non-ortho nitro benzene ring substituents is 1. The van der Waals surface area contributed by atoms with Gasteiger partial charge in [-0.25, -0.2) is 0 Å². The third-order valence-corrected chi connectivity index (χ3v) is 4.76. The van der Waals surface area contributed by atoms with Crippen LogP contribution in [0.25, 0.3) is 5.57 Å². The van der Waals surface area contributed by atoms with Crippen molar-refractivity contribution in [2.45, 2.75) is 6.42 Å². The number of carbonyl (C=O) groups excluding carboxylic acids is 1. The van der Waals surface area contributed by atoms with Gasteiger partial charge in [-0.15, -0.1) is 0 Å². The third kappa shape index (κ3) is 6.54. The van der Waals surface area contributed by atoms with E-state index in [1.165, 1.54) is 24.3 Å². The van der Waals surface area contributed by atoms with E-state index >= 15 is 0 Å². The van der Waals surface area contributed by atoms with Crippen molar-refractivity contribution < 1.29 is 23.9 Å². The van der Waals surface area contributed by atoms with E-state index in [9.17, 15) is 14.9 Å². The lowest BCUT2D eigenvalue weighted by Gasteiger charge is -2.10. The number of hydrogen-bond acceptors (Lipinski definition) is 6. The Balaban J connectivity index is 1.72. The van der Waals surface area contributed by atoms with Gasteiger partial charge in [0.2, 0.25) is 0 Å². The zero-order valence-corrected chi connectivity index (χ0v) is 18.3. The lowest BCUT2D eigenvalue weighted by Crippen LogP contribution is -2.06. The molecule has 0 aliphatic heterocycles. The van der Waals surface area contributed by atoms with Gasteiger partial charge in [0.1, 0.15) is 17.2 Å². The van der Waals surface area contributed by atoms with Gasteiger partial charge in [-0.05, 0) is 53.1 Å². The Bertz CT molecular complexity index is 1100. The lowest BCUT2D eigenvalue weighted by molar-refractivity contribution is -0.384. The van der Waals surface area contributed by atoms with Crippen LogP contribution >= 0.6 is 0 Å². The van der Waals surface area contributed by atoms with Crippen LogP contribution in [0.15, 0.2) is 91.0 Å². The topological polar surface area (TPSA) is 87.9 Å². The highest BCUT2D eigenvalue weighted by Gasteiger charge is 2.08. The first kappa shape index (κ1) is 23.3. The molecule has 0 heterocycles. The number of allylic oxidation sites excluding steroid dienone is 2. The fraction of sp³-hybridized carbons (Fsp3) is 0.115. The molecule has 7 heteroatoms. The second kappa shape index (κ2) is 11.3. The minimum atomic E-state index is -0.510. The monoisotopic (exact) mass is 445 g/mol. The number of methoxy groups -OCH3 is 2. The van der Waals surface area contributed by atoms with Crippen molar-refractivity contribution in [1.82, 2.24) is 0 Å².